The number of rotatable bonds is 5. The van der Waals surface area contributed by atoms with Crippen LogP contribution in [0.3, 0.4) is 0 Å². The van der Waals surface area contributed by atoms with Crippen molar-refractivity contribution in [3.63, 3.8) is 0 Å². The lowest BCUT2D eigenvalue weighted by molar-refractivity contribution is -0.146. The number of sulfonamides is 1. The molecule has 8 nitrogen and oxygen atoms in total. The van der Waals surface area contributed by atoms with Gasteiger partial charge in [-0.05, 0) is 17.7 Å². The average Bonchev–Trinajstić information content (AvgIpc) is 2.73. The molecule has 1 aromatic carbocycles. The molecule has 0 aliphatic carbocycles. The van der Waals surface area contributed by atoms with Gasteiger partial charge >= 0.3 is 5.97 Å². The van der Waals surface area contributed by atoms with E-state index < -0.39 is 28.6 Å². The lowest BCUT2D eigenvalue weighted by Gasteiger charge is -2.11. The smallest absolute Gasteiger partial charge is 0.333 e. The molecule has 0 unspecified atom stereocenters. The molecule has 1 aliphatic heterocycles. The van der Waals surface area contributed by atoms with Gasteiger partial charge in [0.1, 0.15) is 4.90 Å². The van der Waals surface area contributed by atoms with E-state index in [9.17, 15) is 18.0 Å². The third-order valence-electron chi connectivity index (χ3n) is 2.82. The molecule has 1 atom stereocenters. The second-order valence-corrected chi connectivity index (χ2v) is 6.51. The minimum absolute atomic E-state index is 0.0345. The van der Waals surface area contributed by atoms with E-state index in [0.717, 1.165) is 0 Å². The molecule has 0 radical (unpaired) electrons. The van der Waals surface area contributed by atoms with Crippen LogP contribution in [0.1, 0.15) is 5.56 Å². The molecule has 4 N–H and O–H groups in total. The fraction of sp³-hybridized carbons (Fsp3) is 0.273. The van der Waals surface area contributed by atoms with Gasteiger partial charge in [-0.2, -0.15) is 0 Å². The normalized spacial score (nSPS) is 15.4. The lowest BCUT2D eigenvalue weighted by Crippen LogP contribution is -2.36. The molecule has 0 aromatic heterocycles. The van der Waals surface area contributed by atoms with Crippen LogP contribution in [0, 0.1) is 0 Å². The van der Waals surface area contributed by atoms with Crippen molar-refractivity contribution in [2.24, 2.45) is 0 Å². The predicted molar refractivity (Wildman–Crippen MR) is 72.6 cm³/mol. The molecule has 0 fully saturated rings. The summed E-state index contributed by atoms with van der Waals surface area (Å²) < 4.78 is 26.1. The monoisotopic (exact) mass is 334 g/mol. The van der Waals surface area contributed by atoms with Crippen LogP contribution in [0.25, 0.3) is 0 Å². The van der Waals surface area contributed by atoms with Gasteiger partial charge in [0.05, 0.1) is 11.4 Å². The highest BCUT2D eigenvalue weighted by Gasteiger charge is 2.26. The summed E-state index contributed by atoms with van der Waals surface area (Å²) in [5.41, 5.74) is 0.915. The number of fused-ring (bicyclic) bond motifs is 1. The molecule has 0 bridgehead atoms. The van der Waals surface area contributed by atoms with Gasteiger partial charge in [0.2, 0.25) is 15.9 Å². The average molecular weight is 335 g/mol. The summed E-state index contributed by atoms with van der Waals surface area (Å²) in [4.78, 5) is 21.4. The van der Waals surface area contributed by atoms with E-state index in [4.69, 9.17) is 21.8 Å². The molecular formula is C11H11ClN2O6S. The number of aliphatic hydroxyl groups is 1. The molecule has 0 saturated carbocycles. The molecule has 1 heterocycles. The Hall–Kier alpha value is -1.68. The van der Waals surface area contributed by atoms with Gasteiger partial charge in [-0.15, -0.1) is 0 Å². The Bertz CT molecular complexity index is 718. The van der Waals surface area contributed by atoms with Gasteiger partial charge in [-0.3, -0.25) is 4.79 Å². The van der Waals surface area contributed by atoms with Gasteiger partial charge in [0.25, 0.3) is 0 Å². The Labute approximate surface area is 124 Å². The van der Waals surface area contributed by atoms with E-state index in [1.165, 1.54) is 12.1 Å². The van der Waals surface area contributed by atoms with Crippen LogP contribution in [0.5, 0.6) is 0 Å². The van der Waals surface area contributed by atoms with Gasteiger partial charge in [0, 0.05) is 12.2 Å². The van der Waals surface area contributed by atoms with E-state index >= 15 is 0 Å². The number of carbonyl (C=O) groups is 2. The van der Waals surface area contributed by atoms with Crippen molar-refractivity contribution in [2.45, 2.75) is 17.4 Å². The van der Waals surface area contributed by atoms with Crippen molar-refractivity contribution in [2.75, 3.05) is 11.9 Å². The topological polar surface area (TPSA) is 133 Å². The zero-order valence-corrected chi connectivity index (χ0v) is 12.0. The molecule has 0 spiro atoms. The van der Waals surface area contributed by atoms with Crippen LogP contribution in [0.4, 0.5) is 5.69 Å². The van der Waals surface area contributed by atoms with E-state index in [2.05, 4.69) is 5.32 Å². The number of benzene rings is 1. The quantitative estimate of drug-likeness (QED) is 0.577. The van der Waals surface area contributed by atoms with Crippen molar-refractivity contribution in [3.05, 3.63) is 22.7 Å². The first-order valence-corrected chi connectivity index (χ1v) is 7.59. The van der Waals surface area contributed by atoms with Gasteiger partial charge in [-0.1, -0.05) is 11.6 Å². The third kappa shape index (κ3) is 3.32. The van der Waals surface area contributed by atoms with Gasteiger partial charge in [0.15, 0.2) is 6.10 Å². The van der Waals surface area contributed by atoms with Crippen molar-refractivity contribution < 1.29 is 28.2 Å². The molecule has 10 heteroatoms. The second kappa shape index (κ2) is 5.60. The summed E-state index contributed by atoms with van der Waals surface area (Å²) in [5, 5.41) is 20.0. The van der Waals surface area contributed by atoms with Crippen LogP contribution in [0.15, 0.2) is 17.0 Å². The highest BCUT2D eigenvalue weighted by atomic mass is 35.5. The minimum atomic E-state index is -4.10. The molecule has 21 heavy (non-hydrogen) atoms. The van der Waals surface area contributed by atoms with Crippen molar-refractivity contribution in [1.82, 2.24) is 4.72 Å². The summed E-state index contributed by atoms with van der Waals surface area (Å²) in [6.07, 6.45) is -1.83. The lowest BCUT2D eigenvalue weighted by atomic mass is 10.2. The first-order valence-electron chi connectivity index (χ1n) is 5.73. The molecule has 1 aromatic rings. The summed E-state index contributed by atoms with van der Waals surface area (Å²) >= 11 is 5.87. The number of hydrogen-bond donors (Lipinski definition) is 4. The highest BCUT2D eigenvalue weighted by molar-refractivity contribution is 7.89. The zero-order chi connectivity index (χ0) is 15.8. The van der Waals surface area contributed by atoms with Crippen molar-refractivity contribution in [3.8, 4) is 0 Å². The van der Waals surface area contributed by atoms with Crippen LogP contribution in [-0.4, -0.2) is 43.2 Å². The number of amides is 1. The van der Waals surface area contributed by atoms with Crippen molar-refractivity contribution in [1.29, 1.82) is 0 Å². The standard InChI is InChI=1S/C11H11ClN2O6S/c12-6-3-7-5(2-10(16)14-7)1-9(6)21(19,20)13-4-8(15)11(17)18/h1,3,8,13,15H,2,4H2,(H,14,16)(H,17,18)/t8-/m0/s1. The fourth-order valence-corrected chi connectivity index (χ4v) is 3.40. The maximum Gasteiger partial charge on any atom is 0.333 e. The number of carbonyl (C=O) groups excluding carboxylic acids is 1. The van der Waals surface area contributed by atoms with Gasteiger partial charge in [-0.25, -0.2) is 17.9 Å². The first kappa shape index (κ1) is 15.7. The molecular weight excluding hydrogens is 324 g/mol. The summed E-state index contributed by atoms with van der Waals surface area (Å²) in [5.74, 6) is -1.82. The third-order valence-corrected chi connectivity index (χ3v) is 4.71. The maximum absolute atomic E-state index is 12.1. The largest absolute Gasteiger partial charge is 0.479 e. The molecule has 2 rings (SSSR count). The number of aliphatic hydroxyl groups excluding tert-OH is 1. The maximum atomic E-state index is 12.1. The second-order valence-electron chi connectivity index (χ2n) is 4.37. The summed E-state index contributed by atoms with van der Waals surface area (Å²) in [7, 11) is -4.10. The summed E-state index contributed by atoms with van der Waals surface area (Å²) in [6, 6.07) is 2.55. The van der Waals surface area contributed by atoms with Crippen LogP contribution in [-0.2, 0) is 26.0 Å². The minimum Gasteiger partial charge on any atom is -0.479 e. The number of anilines is 1. The number of carboxylic acids is 1. The number of hydrogen-bond acceptors (Lipinski definition) is 5. The number of carboxylic acid groups (broad SMARTS) is 1. The molecule has 1 amide bonds. The summed E-state index contributed by atoms with van der Waals surface area (Å²) in [6.45, 7) is -0.692. The highest BCUT2D eigenvalue weighted by Crippen LogP contribution is 2.32. The van der Waals surface area contributed by atoms with Crippen molar-refractivity contribution >= 4 is 39.2 Å². The number of aliphatic carboxylic acids is 1. The number of halogens is 1. The molecule has 114 valence electrons. The SMILES string of the molecule is O=C1Cc2cc(S(=O)(=O)NC[C@H](O)C(=O)O)c(Cl)cc2N1. The Balaban J connectivity index is 2.27. The zero-order valence-electron chi connectivity index (χ0n) is 10.5. The van der Waals surface area contributed by atoms with E-state index in [1.807, 2.05) is 4.72 Å². The molecule has 0 saturated heterocycles. The predicted octanol–water partition coefficient (Wildman–Crippen LogP) is -0.442. The Morgan fingerprint density at radius 2 is 2.14 bits per heavy atom. The van der Waals surface area contributed by atoms with Crippen LogP contribution < -0.4 is 10.0 Å². The van der Waals surface area contributed by atoms with E-state index in [0.29, 0.717) is 11.3 Å². The molecule has 1 aliphatic rings. The fourth-order valence-electron chi connectivity index (χ4n) is 1.79. The van der Waals surface area contributed by atoms with Gasteiger partial charge < -0.3 is 15.5 Å². The Kier molecular flexibility index (Phi) is 4.19. The first-order chi connectivity index (χ1) is 9.70. The number of nitrogens with one attached hydrogen (secondary N) is 2. The van der Waals surface area contributed by atoms with E-state index in [-0.39, 0.29) is 22.2 Å². The van der Waals surface area contributed by atoms with Crippen LogP contribution in [0.2, 0.25) is 5.02 Å². The Morgan fingerprint density at radius 3 is 2.76 bits per heavy atom. The van der Waals surface area contributed by atoms with Crippen LogP contribution >= 0.6 is 11.6 Å². The Morgan fingerprint density at radius 1 is 1.48 bits per heavy atom. The van der Waals surface area contributed by atoms with E-state index in [1.54, 1.807) is 0 Å².